The van der Waals surface area contributed by atoms with Gasteiger partial charge in [-0.15, -0.1) is 0 Å². The van der Waals surface area contributed by atoms with Crippen LogP contribution in [0.4, 0.5) is 5.69 Å². The van der Waals surface area contributed by atoms with Gasteiger partial charge in [0.2, 0.25) is 0 Å². The molecular weight excluding hydrogens is 444 g/mol. The maximum atomic E-state index is 3.87. The summed E-state index contributed by atoms with van der Waals surface area (Å²) in [4.78, 5) is 6.37. The lowest BCUT2D eigenvalue weighted by atomic mass is 9.70. The number of rotatable bonds is 4. The summed E-state index contributed by atoms with van der Waals surface area (Å²) in [5, 5.41) is 6.23. The SMILES string of the molecule is C=C/C=C(\C)Nc1c(C)ccc2c1Sc1ccc3c([nH]c4ccccc43)c1C2(C)c1ccccc1. The predicted octanol–water partition coefficient (Wildman–Crippen LogP) is 8.95. The van der Waals surface area contributed by atoms with Crippen molar-refractivity contribution in [2.45, 2.75) is 36.0 Å². The van der Waals surface area contributed by atoms with Crippen molar-refractivity contribution in [2.75, 3.05) is 5.32 Å². The number of aryl methyl sites for hydroxylation is 1. The first-order valence-corrected chi connectivity index (χ1v) is 12.8. The van der Waals surface area contributed by atoms with E-state index in [9.17, 15) is 0 Å². The van der Waals surface area contributed by atoms with Crippen LogP contribution in [-0.4, -0.2) is 4.98 Å². The first-order valence-electron chi connectivity index (χ1n) is 12.0. The van der Waals surface area contributed by atoms with Crippen LogP contribution in [0.3, 0.4) is 0 Å². The number of anilines is 1. The first-order chi connectivity index (χ1) is 17.0. The largest absolute Gasteiger partial charge is 0.358 e. The summed E-state index contributed by atoms with van der Waals surface area (Å²) in [5.74, 6) is 0. The van der Waals surface area contributed by atoms with Crippen molar-refractivity contribution >= 4 is 39.3 Å². The van der Waals surface area contributed by atoms with Gasteiger partial charge in [-0.1, -0.05) is 91.1 Å². The second kappa shape index (κ2) is 8.21. The quantitative estimate of drug-likeness (QED) is 0.255. The Morgan fingerprint density at radius 1 is 0.943 bits per heavy atom. The monoisotopic (exact) mass is 472 g/mol. The molecule has 0 saturated carbocycles. The minimum atomic E-state index is -0.322. The summed E-state index contributed by atoms with van der Waals surface area (Å²) in [7, 11) is 0. The average molecular weight is 473 g/mol. The van der Waals surface area contributed by atoms with E-state index in [-0.39, 0.29) is 5.41 Å². The standard InChI is InChI=1S/C32H28N2S/c1-5-11-21(3)33-29-20(2)16-18-25-31(29)35-27-19-17-24-23-14-9-10-15-26(23)34-30(24)28(27)32(25,4)22-12-7-6-8-13-22/h5-19,33-34H,1H2,2-4H3/b21-11+. The van der Waals surface area contributed by atoms with E-state index in [4.69, 9.17) is 0 Å². The molecule has 0 aliphatic carbocycles. The number of hydrogen-bond acceptors (Lipinski definition) is 2. The molecule has 1 aliphatic rings. The highest BCUT2D eigenvalue weighted by Crippen LogP contribution is 2.57. The molecule has 1 atom stereocenters. The molecule has 6 rings (SSSR count). The molecule has 1 aliphatic heterocycles. The van der Waals surface area contributed by atoms with E-state index in [0.29, 0.717) is 0 Å². The van der Waals surface area contributed by atoms with Crippen LogP contribution in [0.15, 0.2) is 113 Å². The molecule has 0 saturated heterocycles. The fourth-order valence-corrected chi connectivity index (χ4v) is 7.01. The Morgan fingerprint density at radius 2 is 1.71 bits per heavy atom. The summed E-state index contributed by atoms with van der Waals surface area (Å²) >= 11 is 1.87. The summed E-state index contributed by atoms with van der Waals surface area (Å²) < 4.78 is 0. The van der Waals surface area contributed by atoms with E-state index >= 15 is 0 Å². The fourth-order valence-electron chi connectivity index (χ4n) is 5.55. The minimum absolute atomic E-state index is 0.322. The Hall–Kier alpha value is -3.69. The molecule has 172 valence electrons. The zero-order valence-electron chi connectivity index (χ0n) is 20.3. The highest BCUT2D eigenvalue weighted by Gasteiger charge is 2.41. The molecule has 0 spiro atoms. The van der Waals surface area contributed by atoms with Gasteiger partial charge in [-0.25, -0.2) is 0 Å². The van der Waals surface area contributed by atoms with Gasteiger partial charge in [0, 0.05) is 42.8 Å². The average Bonchev–Trinajstić information content (AvgIpc) is 3.25. The molecule has 1 aromatic heterocycles. The Kier molecular flexibility index (Phi) is 5.12. The van der Waals surface area contributed by atoms with Gasteiger partial charge >= 0.3 is 0 Å². The number of H-pyrrole nitrogens is 1. The fraction of sp³-hybridized carbons (Fsp3) is 0.125. The van der Waals surface area contributed by atoms with Crippen molar-refractivity contribution in [1.29, 1.82) is 0 Å². The van der Waals surface area contributed by atoms with E-state index in [1.165, 1.54) is 59.5 Å². The van der Waals surface area contributed by atoms with Crippen molar-refractivity contribution < 1.29 is 0 Å². The van der Waals surface area contributed by atoms with E-state index in [1.54, 1.807) is 0 Å². The Labute approximate surface area is 210 Å². The minimum Gasteiger partial charge on any atom is -0.358 e. The van der Waals surface area contributed by atoms with Gasteiger partial charge in [0.05, 0.1) is 11.2 Å². The van der Waals surface area contributed by atoms with Gasteiger partial charge in [-0.3, -0.25) is 0 Å². The summed E-state index contributed by atoms with van der Waals surface area (Å²) in [6.45, 7) is 10.5. The molecule has 0 fully saturated rings. The molecule has 5 aromatic rings. The van der Waals surface area contributed by atoms with E-state index in [2.05, 4.69) is 117 Å². The topological polar surface area (TPSA) is 27.8 Å². The molecule has 3 heteroatoms. The molecular formula is C32H28N2S. The number of aromatic amines is 1. The van der Waals surface area contributed by atoms with E-state index in [1.807, 2.05) is 23.9 Å². The molecule has 2 nitrogen and oxygen atoms in total. The molecule has 2 heterocycles. The van der Waals surface area contributed by atoms with Crippen molar-refractivity contribution in [3.63, 3.8) is 0 Å². The van der Waals surface area contributed by atoms with Crippen molar-refractivity contribution in [1.82, 2.24) is 4.98 Å². The van der Waals surface area contributed by atoms with Crippen LogP contribution in [0.2, 0.25) is 0 Å². The number of hydrogen-bond donors (Lipinski definition) is 2. The molecule has 0 amide bonds. The zero-order chi connectivity index (χ0) is 24.2. The van der Waals surface area contributed by atoms with Crippen LogP contribution in [0.1, 0.15) is 36.1 Å². The van der Waals surface area contributed by atoms with Gasteiger partial charge in [-0.05, 0) is 55.7 Å². The van der Waals surface area contributed by atoms with Crippen molar-refractivity contribution in [3.8, 4) is 0 Å². The smallest absolute Gasteiger partial charge is 0.0556 e. The summed E-state index contributed by atoms with van der Waals surface area (Å²) in [6, 6.07) is 28.7. The third-order valence-electron chi connectivity index (χ3n) is 7.30. The predicted molar refractivity (Wildman–Crippen MR) is 151 cm³/mol. The van der Waals surface area contributed by atoms with Gasteiger partial charge in [0.1, 0.15) is 0 Å². The normalized spacial score (nSPS) is 17.3. The number of fused-ring (bicyclic) bond motifs is 6. The van der Waals surface area contributed by atoms with Crippen LogP contribution in [0.5, 0.6) is 0 Å². The highest BCUT2D eigenvalue weighted by atomic mass is 32.2. The lowest BCUT2D eigenvalue weighted by Crippen LogP contribution is -2.30. The lowest BCUT2D eigenvalue weighted by Gasteiger charge is -2.39. The lowest BCUT2D eigenvalue weighted by molar-refractivity contribution is 0.661. The van der Waals surface area contributed by atoms with Crippen molar-refractivity contribution in [3.05, 3.63) is 126 Å². The number of benzene rings is 4. The van der Waals surface area contributed by atoms with Crippen molar-refractivity contribution in [2.24, 2.45) is 0 Å². The Balaban J connectivity index is 1.70. The molecule has 2 N–H and O–H groups in total. The molecule has 0 radical (unpaired) electrons. The number of aromatic nitrogens is 1. The third-order valence-corrected chi connectivity index (χ3v) is 8.49. The summed E-state index contributed by atoms with van der Waals surface area (Å²) in [6.07, 6.45) is 3.85. The van der Waals surface area contributed by atoms with Crippen LogP contribution in [0.25, 0.3) is 21.8 Å². The van der Waals surface area contributed by atoms with Gasteiger partial charge < -0.3 is 10.3 Å². The van der Waals surface area contributed by atoms with Crippen LogP contribution >= 0.6 is 11.8 Å². The summed E-state index contributed by atoms with van der Waals surface area (Å²) in [5.41, 5.74) is 9.54. The molecule has 0 bridgehead atoms. The highest BCUT2D eigenvalue weighted by molar-refractivity contribution is 7.99. The number of para-hydroxylation sites is 1. The van der Waals surface area contributed by atoms with E-state index < -0.39 is 0 Å². The van der Waals surface area contributed by atoms with Crippen LogP contribution in [-0.2, 0) is 5.41 Å². The first kappa shape index (κ1) is 21.8. The van der Waals surface area contributed by atoms with Crippen LogP contribution in [0, 0.1) is 6.92 Å². The third kappa shape index (κ3) is 3.26. The molecule has 35 heavy (non-hydrogen) atoms. The molecule has 4 aromatic carbocycles. The maximum absolute atomic E-state index is 3.87. The van der Waals surface area contributed by atoms with Gasteiger partial charge in [0.25, 0.3) is 0 Å². The Morgan fingerprint density at radius 3 is 2.51 bits per heavy atom. The second-order valence-electron chi connectivity index (χ2n) is 9.47. The van der Waals surface area contributed by atoms with E-state index in [0.717, 1.165) is 5.70 Å². The maximum Gasteiger partial charge on any atom is 0.0556 e. The molecule has 1 unspecified atom stereocenters. The number of nitrogens with one attached hydrogen (secondary N) is 2. The number of allylic oxidation sites excluding steroid dienone is 3. The zero-order valence-corrected chi connectivity index (χ0v) is 21.1. The van der Waals surface area contributed by atoms with Crippen LogP contribution < -0.4 is 5.32 Å². The Bertz CT molecular complexity index is 1640. The van der Waals surface area contributed by atoms with Gasteiger partial charge in [0.15, 0.2) is 0 Å². The second-order valence-corrected chi connectivity index (χ2v) is 10.5. The van der Waals surface area contributed by atoms with Gasteiger partial charge in [-0.2, -0.15) is 0 Å².